The van der Waals surface area contributed by atoms with E-state index in [2.05, 4.69) is 5.16 Å². The number of methoxy groups -OCH3 is 1. The van der Waals surface area contributed by atoms with Crippen LogP contribution in [0.15, 0.2) is 64.7 Å². The molecule has 9 heteroatoms. The number of aromatic nitrogens is 1. The maximum absolute atomic E-state index is 13.2. The van der Waals surface area contributed by atoms with Crippen molar-refractivity contribution in [1.82, 2.24) is 5.16 Å². The third-order valence-electron chi connectivity index (χ3n) is 5.45. The van der Waals surface area contributed by atoms with Crippen LogP contribution >= 0.6 is 0 Å². The smallest absolute Gasteiger partial charge is 0.337 e. The number of carbonyl (C=O) groups excluding carboxylic acids is 3. The Kier molecular flexibility index (Phi) is 6.42. The van der Waals surface area contributed by atoms with Crippen molar-refractivity contribution < 1.29 is 33.5 Å². The van der Waals surface area contributed by atoms with Gasteiger partial charge in [0.2, 0.25) is 0 Å². The minimum Gasteiger partial charge on any atom is -0.507 e. The Morgan fingerprint density at radius 3 is 2.23 bits per heavy atom. The first-order valence-electron chi connectivity index (χ1n) is 10.9. The van der Waals surface area contributed by atoms with Crippen LogP contribution in [0.2, 0.25) is 0 Å². The van der Waals surface area contributed by atoms with Crippen molar-refractivity contribution in [2.45, 2.75) is 32.9 Å². The Morgan fingerprint density at radius 2 is 1.69 bits per heavy atom. The van der Waals surface area contributed by atoms with Gasteiger partial charge in [-0.3, -0.25) is 14.5 Å². The van der Waals surface area contributed by atoms with E-state index in [0.29, 0.717) is 28.2 Å². The number of aryl methyl sites for hydroxylation is 1. The second-order valence-electron chi connectivity index (χ2n) is 8.27. The normalized spacial score (nSPS) is 17.2. The molecular weight excluding hydrogens is 452 g/mol. The molecule has 0 bridgehead atoms. The molecule has 2 heterocycles. The van der Waals surface area contributed by atoms with Gasteiger partial charge in [-0.05, 0) is 62.7 Å². The van der Waals surface area contributed by atoms with Gasteiger partial charge in [-0.2, -0.15) is 0 Å². The predicted molar refractivity (Wildman–Crippen MR) is 126 cm³/mol. The number of rotatable bonds is 6. The van der Waals surface area contributed by atoms with E-state index in [4.69, 9.17) is 14.0 Å². The quantitative estimate of drug-likeness (QED) is 0.244. The SMILES string of the molecule is COC(=O)c1ccc(C2C(=C(O)c3ccc(OC(C)C)cc3)C(=O)C(=O)N2c2cc(C)on2)cc1. The van der Waals surface area contributed by atoms with Crippen molar-refractivity contribution in [3.05, 3.63) is 82.6 Å². The molecule has 2 aromatic carbocycles. The number of hydrogen-bond acceptors (Lipinski definition) is 8. The highest BCUT2D eigenvalue weighted by Gasteiger charge is 2.48. The molecule has 1 saturated heterocycles. The molecule has 0 radical (unpaired) electrons. The molecule has 1 amide bonds. The van der Waals surface area contributed by atoms with Gasteiger partial charge >= 0.3 is 11.9 Å². The summed E-state index contributed by atoms with van der Waals surface area (Å²) >= 11 is 0. The summed E-state index contributed by atoms with van der Waals surface area (Å²) in [7, 11) is 1.27. The molecule has 1 unspecified atom stereocenters. The average Bonchev–Trinajstić information content (AvgIpc) is 3.38. The molecule has 1 atom stereocenters. The molecule has 0 saturated carbocycles. The van der Waals surface area contributed by atoms with E-state index in [9.17, 15) is 19.5 Å². The molecule has 1 fully saturated rings. The van der Waals surface area contributed by atoms with Crippen LogP contribution in [0.3, 0.4) is 0 Å². The molecule has 0 aliphatic carbocycles. The van der Waals surface area contributed by atoms with Crippen LogP contribution in [-0.2, 0) is 14.3 Å². The average molecular weight is 476 g/mol. The lowest BCUT2D eigenvalue weighted by atomic mass is 9.94. The number of benzene rings is 2. The van der Waals surface area contributed by atoms with Crippen LogP contribution in [-0.4, -0.2) is 41.1 Å². The van der Waals surface area contributed by atoms with E-state index in [1.807, 2.05) is 13.8 Å². The van der Waals surface area contributed by atoms with Crippen molar-refractivity contribution in [2.75, 3.05) is 12.0 Å². The number of aliphatic hydroxyl groups is 1. The second kappa shape index (κ2) is 9.46. The third kappa shape index (κ3) is 4.52. The molecule has 180 valence electrons. The molecule has 35 heavy (non-hydrogen) atoms. The van der Waals surface area contributed by atoms with Gasteiger partial charge in [0.1, 0.15) is 17.3 Å². The summed E-state index contributed by atoms with van der Waals surface area (Å²) in [5.74, 6) is -1.42. The number of aliphatic hydroxyl groups excluding tert-OH is 1. The Balaban J connectivity index is 1.84. The standard InChI is InChI=1S/C26H24N2O7/c1-14(2)34-19-11-9-17(10-12-19)23(29)21-22(16-5-7-18(8-6-16)26(32)33-4)28(25(31)24(21)30)20-13-15(3)35-27-20/h5-14,22,29H,1-4H3. The zero-order valence-corrected chi connectivity index (χ0v) is 19.6. The van der Waals surface area contributed by atoms with Gasteiger partial charge in [-0.15, -0.1) is 0 Å². The second-order valence-corrected chi connectivity index (χ2v) is 8.27. The third-order valence-corrected chi connectivity index (χ3v) is 5.45. The number of amides is 1. The number of carbonyl (C=O) groups is 3. The number of Topliss-reactive ketones (excluding diaryl/α,β-unsaturated/α-hetero) is 1. The summed E-state index contributed by atoms with van der Waals surface area (Å²) in [6.45, 7) is 5.45. The molecule has 9 nitrogen and oxygen atoms in total. The van der Waals surface area contributed by atoms with Crippen molar-refractivity contribution in [1.29, 1.82) is 0 Å². The highest BCUT2D eigenvalue weighted by Crippen LogP contribution is 2.42. The van der Waals surface area contributed by atoms with E-state index in [1.165, 1.54) is 30.2 Å². The lowest BCUT2D eigenvalue weighted by molar-refractivity contribution is -0.132. The predicted octanol–water partition coefficient (Wildman–Crippen LogP) is 4.18. The lowest BCUT2D eigenvalue weighted by Gasteiger charge is -2.23. The first-order valence-corrected chi connectivity index (χ1v) is 10.9. The van der Waals surface area contributed by atoms with Gasteiger partial charge in [-0.1, -0.05) is 17.3 Å². The van der Waals surface area contributed by atoms with Crippen LogP contribution in [0.25, 0.3) is 5.76 Å². The van der Waals surface area contributed by atoms with Crippen molar-refractivity contribution in [3.8, 4) is 5.75 Å². The van der Waals surface area contributed by atoms with Gasteiger partial charge in [0, 0.05) is 11.6 Å². The molecule has 4 rings (SSSR count). The topological polar surface area (TPSA) is 119 Å². The Hall–Kier alpha value is -4.40. The van der Waals surface area contributed by atoms with Crippen LogP contribution < -0.4 is 9.64 Å². The van der Waals surface area contributed by atoms with Crippen LogP contribution in [0, 0.1) is 6.92 Å². The number of esters is 1. The van der Waals surface area contributed by atoms with Gasteiger partial charge < -0.3 is 19.1 Å². The van der Waals surface area contributed by atoms with E-state index in [0.717, 1.165) is 0 Å². The summed E-state index contributed by atoms with van der Waals surface area (Å²) in [5.41, 5.74) is 1.01. The van der Waals surface area contributed by atoms with E-state index >= 15 is 0 Å². The summed E-state index contributed by atoms with van der Waals surface area (Å²) in [6.07, 6.45) is -0.0290. The molecule has 1 N–H and O–H groups in total. The number of nitrogens with zero attached hydrogens (tertiary/aromatic N) is 2. The van der Waals surface area contributed by atoms with Crippen LogP contribution in [0.4, 0.5) is 5.82 Å². The Labute approximate surface area is 201 Å². The summed E-state index contributed by atoms with van der Waals surface area (Å²) in [6, 6.07) is 13.3. The number of ether oxygens (including phenoxy) is 2. The summed E-state index contributed by atoms with van der Waals surface area (Å²) < 4.78 is 15.5. The maximum Gasteiger partial charge on any atom is 0.337 e. The first kappa shape index (κ1) is 23.7. The molecule has 1 aliphatic rings. The lowest BCUT2D eigenvalue weighted by Crippen LogP contribution is -2.29. The zero-order valence-electron chi connectivity index (χ0n) is 19.6. The first-order chi connectivity index (χ1) is 16.7. The number of hydrogen-bond donors (Lipinski definition) is 1. The van der Waals surface area contributed by atoms with Crippen molar-refractivity contribution in [2.24, 2.45) is 0 Å². The fourth-order valence-electron chi connectivity index (χ4n) is 3.89. The summed E-state index contributed by atoms with van der Waals surface area (Å²) in [5, 5.41) is 15.1. The van der Waals surface area contributed by atoms with Crippen LogP contribution in [0.1, 0.15) is 47.1 Å². The minimum atomic E-state index is -1.00. The van der Waals surface area contributed by atoms with Gasteiger partial charge in [0.15, 0.2) is 5.82 Å². The van der Waals surface area contributed by atoms with Crippen molar-refractivity contribution in [3.63, 3.8) is 0 Å². The Bertz CT molecular complexity index is 1300. The number of ketones is 1. The fraction of sp³-hybridized carbons (Fsp3) is 0.231. The fourth-order valence-corrected chi connectivity index (χ4v) is 3.89. The van der Waals surface area contributed by atoms with Gasteiger partial charge in [0.05, 0.1) is 30.4 Å². The van der Waals surface area contributed by atoms with E-state index < -0.39 is 23.7 Å². The molecule has 1 aromatic heterocycles. The molecule has 3 aromatic rings. The molecule has 0 spiro atoms. The minimum absolute atomic E-state index is 0.0290. The van der Waals surface area contributed by atoms with Crippen molar-refractivity contribution >= 4 is 29.2 Å². The highest BCUT2D eigenvalue weighted by atomic mass is 16.5. The summed E-state index contributed by atoms with van der Waals surface area (Å²) in [4.78, 5) is 39.3. The highest BCUT2D eigenvalue weighted by molar-refractivity contribution is 6.51. The largest absolute Gasteiger partial charge is 0.507 e. The Morgan fingerprint density at radius 1 is 1.06 bits per heavy atom. The van der Waals surface area contributed by atoms with Crippen LogP contribution in [0.5, 0.6) is 5.75 Å². The van der Waals surface area contributed by atoms with Gasteiger partial charge in [0.25, 0.3) is 5.78 Å². The van der Waals surface area contributed by atoms with E-state index in [-0.39, 0.29) is 23.3 Å². The molecule has 1 aliphatic heterocycles. The number of anilines is 1. The molecular formula is C26H24N2O7. The van der Waals surface area contributed by atoms with E-state index in [1.54, 1.807) is 43.3 Å². The van der Waals surface area contributed by atoms with Gasteiger partial charge in [-0.25, -0.2) is 4.79 Å². The zero-order chi connectivity index (χ0) is 25.3. The maximum atomic E-state index is 13.2. The monoisotopic (exact) mass is 476 g/mol.